The summed E-state index contributed by atoms with van der Waals surface area (Å²) >= 11 is 9.30. The topological polar surface area (TPSA) is 235 Å². The predicted octanol–water partition coefficient (Wildman–Crippen LogP) is 5.66. The maximum Gasteiger partial charge on any atom is 0.260 e. The van der Waals surface area contributed by atoms with Crippen LogP contribution in [0.25, 0.3) is 10.4 Å². The van der Waals surface area contributed by atoms with Crippen LogP contribution in [0.3, 0.4) is 0 Å². The lowest BCUT2D eigenvalue weighted by molar-refractivity contribution is -0.309. The normalized spacial score (nSPS) is 16.9. The second kappa shape index (κ2) is 26.6. The minimum atomic E-state index is -0.898. The molecule has 0 radical (unpaired) electrons. The number of aryl methyl sites for hydroxylation is 2. The molecule has 4 amide bonds. The summed E-state index contributed by atoms with van der Waals surface area (Å²) < 4.78 is 24.7. The van der Waals surface area contributed by atoms with E-state index in [0.29, 0.717) is 54.9 Å². The Labute approximate surface area is 441 Å². The highest BCUT2D eigenvalue weighted by molar-refractivity contribution is 7.16. The Kier molecular flexibility index (Phi) is 20.6. The Bertz CT molecular complexity index is 2660. The number of likely N-dealkylation sites (N-methyl/N-ethyl adjacent to an activating group) is 1. The van der Waals surface area contributed by atoms with E-state index in [2.05, 4.69) is 26.3 Å². The number of carbonyl (C=O) groups is 4. The maximum absolute atomic E-state index is 14.1. The molecule has 4 heterocycles. The van der Waals surface area contributed by atoms with Crippen molar-refractivity contribution < 1.29 is 42.7 Å². The maximum atomic E-state index is 14.1. The van der Waals surface area contributed by atoms with Crippen LogP contribution < -0.4 is 31.7 Å². The van der Waals surface area contributed by atoms with Gasteiger partial charge in [-0.3, -0.25) is 24.2 Å². The summed E-state index contributed by atoms with van der Waals surface area (Å²) in [4.78, 5) is 67.2. The molecule has 1 fully saturated rings. The summed E-state index contributed by atoms with van der Waals surface area (Å²) in [6, 6.07) is 10.9. The molecule has 73 heavy (non-hydrogen) atoms. The van der Waals surface area contributed by atoms with Gasteiger partial charge in [-0.05, 0) is 75.4 Å². The van der Waals surface area contributed by atoms with Gasteiger partial charge >= 0.3 is 0 Å². The summed E-state index contributed by atoms with van der Waals surface area (Å²) in [7, 11) is 1.86. The van der Waals surface area contributed by atoms with Crippen LogP contribution in [0, 0.1) is 31.6 Å². The molecule has 0 aliphatic carbocycles. The lowest BCUT2D eigenvalue weighted by Gasteiger charge is -2.35. The molecule has 4 aromatic rings. The van der Waals surface area contributed by atoms with Crippen molar-refractivity contribution in [3.63, 3.8) is 0 Å². The fourth-order valence-electron chi connectivity index (χ4n) is 8.46. The SMILES string of the molecule is CNCCOc1cc(-c2scnc2C)ccc1CNC(=O)[C@@H]1CCCN1C(=O)[C@@H](NC(=O)COCCOCCOCCNC(=O)C[C@@H]1N=C(c2ccc(Cl)cc2)c2c(sc(C)c2C)/[N+](=C(\C)N)C1=N)C(C)(C)C. The third kappa shape index (κ3) is 15.0. The molecule has 21 heteroatoms. The summed E-state index contributed by atoms with van der Waals surface area (Å²) in [5, 5.41) is 22.4. The number of hydrogen-bond acceptors (Lipinski definition) is 14. The van der Waals surface area contributed by atoms with Crippen LogP contribution >= 0.6 is 34.3 Å². The van der Waals surface area contributed by atoms with Gasteiger partial charge in [0.15, 0.2) is 10.8 Å². The summed E-state index contributed by atoms with van der Waals surface area (Å²) in [5.41, 5.74) is 13.7. The molecule has 2 aliphatic heterocycles. The van der Waals surface area contributed by atoms with E-state index in [-0.39, 0.29) is 82.7 Å². The Balaban J connectivity index is 0.896. The van der Waals surface area contributed by atoms with E-state index in [4.69, 9.17) is 46.7 Å². The van der Waals surface area contributed by atoms with Crippen molar-refractivity contribution in [1.29, 1.82) is 5.41 Å². The minimum absolute atomic E-state index is 0.0692. The number of aromatic nitrogens is 1. The number of nitrogens with zero attached hydrogens (tertiary/aromatic N) is 4. The van der Waals surface area contributed by atoms with Crippen LogP contribution in [0.15, 0.2) is 53.0 Å². The number of nitrogens with one attached hydrogen (secondary N) is 5. The quantitative estimate of drug-likeness (QED) is 0.0285. The third-order valence-corrected chi connectivity index (χ3v) is 14.9. The van der Waals surface area contributed by atoms with Crippen LogP contribution in [0.2, 0.25) is 5.02 Å². The van der Waals surface area contributed by atoms with E-state index >= 15 is 0 Å². The molecule has 2 aliphatic rings. The van der Waals surface area contributed by atoms with E-state index in [9.17, 15) is 19.2 Å². The Hall–Kier alpha value is -5.61. The van der Waals surface area contributed by atoms with Gasteiger partial charge < -0.3 is 50.8 Å². The molecular formula is C52H70ClN10O8S2+. The standard InChI is InChI=1S/C52H69ClN10O8S2/c1-31-33(3)73-51-44(31)45(35-13-15-38(53)16-14-35)60-39(48(55)63(51)34(4)54)27-42(64)57-18-20-68-22-23-69-24-25-70-29-43(65)61-47(52(5,6)7)50(67)62-19-9-10-40(62)49(66)58-28-37-12-11-36(46-32(2)59-30-72-46)26-41(37)71-21-17-56-8/h11-16,26,30,39-40,47,54-56H,9-10,17-25,27-29H2,1-8H3,(H3,57,58,61,64,65,66)/p+1/t39-,40-,47+/m0/s1. The lowest BCUT2D eigenvalue weighted by Crippen LogP contribution is -2.58. The second-order valence-corrected chi connectivity index (χ2v) is 21.5. The number of thiazole rings is 1. The zero-order valence-corrected chi connectivity index (χ0v) is 45.5. The van der Waals surface area contributed by atoms with E-state index in [1.807, 2.05) is 84.4 Å². The number of rotatable bonds is 24. The van der Waals surface area contributed by atoms with Crippen LogP contribution in [-0.2, 0) is 39.9 Å². The van der Waals surface area contributed by atoms with Crippen LogP contribution in [0.1, 0.15) is 79.8 Å². The number of thiophene rings is 1. The molecule has 2 aromatic heterocycles. The largest absolute Gasteiger partial charge is 0.492 e. The molecule has 3 atom stereocenters. The van der Waals surface area contributed by atoms with E-state index in [1.165, 1.54) is 11.3 Å². The number of hydrogen-bond donors (Lipinski definition) is 6. The molecule has 2 aromatic carbocycles. The number of fused-ring (bicyclic) bond motifs is 1. The zero-order chi connectivity index (χ0) is 52.8. The molecule has 0 bridgehead atoms. The first-order valence-electron chi connectivity index (χ1n) is 24.5. The molecular weight excluding hydrogens is 992 g/mol. The van der Waals surface area contributed by atoms with Crippen LogP contribution in [0.5, 0.6) is 5.75 Å². The van der Waals surface area contributed by atoms with Crippen molar-refractivity contribution in [1.82, 2.24) is 31.2 Å². The number of halogens is 1. The summed E-state index contributed by atoms with van der Waals surface area (Å²) in [6.45, 7) is 16.1. The van der Waals surface area contributed by atoms with Gasteiger partial charge in [0.2, 0.25) is 23.6 Å². The number of benzene rings is 2. The van der Waals surface area contributed by atoms with Crippen LogP contribution in [-0.4, -0.2) is 147 Å². The summed E-state index contributed by atoms with van der Waals surface area (Å²) in [6.07, 6.45) is 1.09. The monoisotopic (exact) mass is 1060 g/mol. The van der Waals surface area contributed by atoms with Gasteiger partial charge in [-0.1, -0.05) is 56.6 Å². The van der Waals surface area contributed by atoms with Gasteiger partial charge in [0.1, 0.15) is 37.1 Å². The number of carbonyl (C=O) groups excluding carboxylic acids is 4. The number of amides is 4. The van der Waals surface area contributed by atoms with Gasteiger partial charge in [0.05, 0.1) is 66.8 Å². The van der Waals surface area contributed by atoms with Gasteiger partial charge in [-0.2, -0.15) is 9.98 Å². The van der Waals surface area contributed by atoms with Crippen molar-refractivity contribution in [2.24, 2.45) is 16.1 Å². The number of aliphatic imine (C=N–C) groups is 1. The van der Waals surface area contributed by atoms with Gasteiger partial charge in [-0.25, -0.2) is 4.98 Å². The minimum Gasteiger partial charge on any atom is -0.492 e. The molecule has 0 unspecified atom stereocenters. The summed E-state index contributed by atoms with van der Waals surface area (Å²) in [5.74, 6) is -0.160. The Morgan fingerprint density at radius 1 is 0.945 bits per heavy atom. The lowest BCUT2D eigenvalue weighted by atomic mass is 9.85. The number of nitrogens with two attached hydrogens (primary N) is 1. The number of ether oxygens (including phenoxy) is 4. The van der Waals surface area contributed by atoms with Gasteiger partial charge in [-0.15, -0.1) is 22.7 Å². The Morgan fingerprint density at radius 2 is 1.64 bits per heavy atom. The Morgan fingerprint density at radius 3 is 2.32 bits per heavy atom. The number of likely N-dealkylation sites (tertiary alicyclic amines) is 1. The highest BCUT2D eigenvalue weighted by atomic mass is 35.5. The predicted molar refractivity (Wildman–Crippen MR) is 287 cm³/mol. The number of amidine groups is 2. The smallest absolute Gasteiger partial charge is 0.260 e. The first-order valence-corrected chi connectivity index (χ1v) is 26.6. The fraction of sp³-hybridized carbons (Fsp3) is 0.500. The van der Waals surface area contributed by atoms with Crippen molar-refractivity contribution in [3.05, 3.63) is 85.8 Å². The van der Waals surface area contributed by atoms with E-state index < -0.39 is 29.4 Å². The molecule has 1 saturated heterocycles. The highest BCUT2D eigenvalue weighted by Gasteiger charge is 2.42. The van der Waals surface area contributed by atoms with Crippen molar-refractivity contribution in [3.8, 4) is 16.2 Å². The fourth-order valence-corrected chi connectivity index (χ4v) is 10.6. The molecule has 6 rings (SSSR count). The zero-order valence-electron chi connectivity index (χ0n) is 43.1. The second-order valence-electron chi connectivity index (χ2n) is 19.0. The van der Waals surface area contributed by atoms with E-state index in [1.54, 1.807) is 39.9 Å². The highest BCUT2D eigenvalue weighted by Crippen LogP contribution is 2.39. The van der Waals surface area contributed by atoms with Crippen LogP contribution in [0.4, 0.5) is 5.00 Å². The van der Waals surface area contributed by atoms with E-state index in [0.717, 1.165) is 48.3 Å². The third-order valence-electron chi connectivity index (χ3n) is 12.4. The first kappa shape index (κ1) is 56.7. The molecule has 0 saturated carbocycles. The van der Waals surface area contributed by atoms with Gasteiger partial charge in [0.25, 0.3) is 5.84 Å². The molecule has 0 spiro atoms. The molecule has 18 nitrogen and oxygen atoms in total. The molecule has 7 N–H and O–H groups in total. The van der Waals surface area contributed by atoms with Crippen molar-refractivity contribution in [2.75, 3.05) is 72.9 Å². The molecule has 394 valence electrons. The van der Waals surface area contributed by atoms with Crippen molar-refractivity contribution >= 4 is 80.3 Å². The average Bonchev–Trinajstić information content (AvgIpc) is 4.07. The van der Waals surface area contributed by atoms with Crippen molar-refractivity contribution in [2.45, 2.75) is 92.4 Å². The first-order chi connectivity index (χ1) is 34.9. The average molecular weight is 1060 g/mol. The van der Waals surface area contributed by atoms with Gasteiger partial charge in [0, 0.05) is 54.1 Å².